The van der Waals surface area contributed by atoms with Gasteiger partial charge in [-0.1, -0.05) is 6.07 Å². The summed E-state index contributed by atoms with van der Waals surface area (Å²) in [7, 11) is 1.55. The molecule has 1 unspecified atom stereocenters. The van der Waals surface area contributed by atoms with Crippen LogP contribution >= 0.6 is 0 Å². The predicted molar refractivity (Wildman–Crippen MR) is 65.0 cm³/mol. The molecule has 0 N–H and O–H groups in total. The first-order valence-corrected chi connectivity index (χ1v) is 5.56. The molecule has 1 rings (SSSR count). The summed E-state index contributed by atoms with van der Waals surface area (Å²) in [5, 5.41) is 0. The topological polar surface area (TPSA) is 48.4 Å². The first kappa shape index (κ1) is 13.5. The van der Waals surface area contributed by atoms with Crippen LogP contribution in [0.25, 0.3) is 0 Å². The van der Waals surface area contributed by atoms with E-state index in [1.54, 1.807) is 26.3 Å². The first-order valence-electron chi connectivity index (χ1n) is 5.56. The summed E-state index contributed by atoms with van der Waals surface area (Å²) in [6.45, 7) is 7.36. The van der Waals surface area contributed by atoms with Crippen LogP contribution in [0.2, 0.25) is 0 Å². The smallest absolute Gasteiger partial charge is 0.313 e. The molecule has 1 aromatic rings. The highest BCUT2D eigenvalue weighted by atomic mass is 16.6. The minimum Gasteiger partial charge on any atom is -0.481 e. The average molecular weight is 237 g/mol. The van der Waals surface area contributed by atoms with Crippen molar-refractivity contribution in [2.24, 2.45) is 0 Å². The Bertz CT molecular complexity index is 379. The maximum absolute atomic E-state index is 11.8. The zero-order valence-electron chi connectivity index (χ0n) is 11.0. The van der Waals surface area contributed by atoms with E-state index < -0.39 is 5.60 Å². The Hall–Kier alpha value is -1.58. The lowest BCUT2D eigenvalue weighted by Crippen LogP contribution is -2.26. The van der Waals surface area contributed by atoms with E-state index in [1.807, 2.05) is 26.8 Å². The number of carbonyl (C=O) groups excluding carboxylic acids is 1. The molecule has 0 amide bonds. The van der Waals surface area contributed by atoms with Crippen LogP contribution in [-0.2, 0) is 9.53 Å². The average Bonchev–Trinajstić information content (AvgIpc) is 2.26. The van der Waals surface area contributed by atoms with E-state index in [-0.39, 0.29) is 11.9 Å². The van der Waals surface area contributed by atoms with Gasteiger partial charge in [0.1, 0.15) is 5.60 Å². The maximum atomic E-state index is 11.8. The second-order valence-electron chi connectivity index (χ2n) is 4.89. The lowest BCUT2D eigenvalue weighted by atomic mass is 10.0. The standard InChI is InChI=1S/C13H19NO3/c1-9(12(15)17-13(2,3)4)10-6-7-11(16-5)14-8-10/h6-9H,1-5H3. The quantitative estimate of drug-likeness (QED) is 0.758. The Balaban J connectivity index is 2.74. The van der Waals surface area contributed by atoms with Gasteiger partial charge in [0.05, 0.1) is 13.0 Å². The Kier molecular flexibility index (Phi) is 4.10. The molecule has 4 heteroatoms. The number of hydrogen-bond acceptors (Lipinski definition) is 4. The number of aromatic nitrogens is 1. The van der Waals surface area contributed by atoms with E-state index in [0.29, 0.717) is 5.88 Å². The molecule has 1 aromatic heterocycles. The molecule has 0 aromatic carbocycles. The van der Waals surface area contributed by atoms with Gasteiger partial charge in [0.2, 0.25) is 5.88 Å². The molecule has 0 radical (unpaired) electrons. The summed E-state index contributed by atoms with van der Waals surface area (Å²) in [4.78, 5) is 15.9. The van der Waals surface area contributed by atoms with Gasteiger partial charge >= 0.3 is 5.97 Å². The summed E-state index contributed by atoms with van der Waals surface area (Å²) < 4.78 is 10.3. The molecule has 17 heavy (non-hydrogen) atoms. The molecule has 0 fully saturated rings. The normalized spacial score (nSPS) is 13.0. The zero-order valence-corrected chi connectivity index (χ0v) is 11.0. The van der Waals surface area contributed by atoms with Gasteiger partial charge in [-0.3, -0.25) is 4.79 Å². The zero-order chi connectivity index (χ0) is 13.1. The van der Waals surface area contributed by atoms with Gasteiger partial charge in [0.15, 0.2) is 0 Å². The van der Waals surface area contributed by atoms with Crippen LogP contribution in [0.5, 0.6) is 5.88 Å². The van der Waals surface area contributed by atoms with Crippen LogP contribution in [0.15, 0.2) is 18.3 Å². The van der Waals surface area contributed by atoms with Gasteiger partial charge in [0.25, 0.3) is 0 Å². The Morgan fingerprint density at radius 3 is 2.41 bits per heavy atom. The molecule has 4 nitrogen and oxygen atoms in total. The van der Waals surface area contributed by atoms with Gasteiger partial charge in [-0.25, -0.2) is 4.98 Å². The summed E-state index contributed by atoms with van der Waals surface area (Å²) in [5.41, 5.74) is 0.352. The highest BCUT2D eigenvalue weighted by Gasteiger charge is 2.23. The fourth-order valence-electron chi connectivity index (χ4n) is 1.29. The number of esters is 1. The summed E-state index contributed by atoms with van der Waals surface area (Å²) in [6, 6.07) is 3.55. The molecular weight excluding hydrogens is 218 g/mol. The Labute approximate surface area is 102 Å². The summed E-state index contributed by atoms with van der Waals surface area (Å²) in [5.74, 6) is -0.0396. The fourth-order valence-corrected chi connectivity index (χ4v) is 1.29. The van der Waals surface area contributed by atoms with Crippen molar-refractivity contribution >= 4 is 5.97 Å². The molecule has 0 bridgehead atoms. The van der Waals surface area contributed by atoms with Gasteiger partial charge in [-0.15, -0.1) is 0 Å². The van der Waals surface area contributed by atoms with Crippen molar-refractivity contribution < 1.29 is 14.3 Å². The van der Waals surface area contributed by atoms with Crippen LogP contribution in [0.4, 0.5) is 0 Å². The van der Waals surface area contributed by atoms with E-state index in [4.69, 9.17) is 9.47 Å². The number of carbonyl (C=O) groups is 1. The molecule has 1 atom stereocenters. The number of rotatable bonds is 3. The summed E-state index contributed by atoms with van der Waals surface area (Å²) in [6.07, 6.45) is 1.63. The van der Waals surface area contributed by atoms with Gasteiger partial charge in [0, 0.05) is 12.3 Å². The molecule has 0 aliphatic rings. The minimum absolute atomic E-state index is 0.246. The highest BCUT2D eigenvalue weighted by molar-refractivity contribution is 5.77. The third kappa shape index (κ3) is 4.06. The number of pyridine rings is 1. The first-order chi connectivity index (χ1) is 7.83. The molecule has 0 saturated heterocycles. The van der Waals surface area contributed by atoms with Crippen LogP contribution in [0, 0.1) is 0 Å². The van der Waals surface area contributed by atoms with Crippen molar-refractivity contribution in [1.82, 2.24) is 4.98 Å². The van der Waals surface area contributed by atoms with Crippen molar-refractivity contribution in [3.8, 4) is 5.88 Å². The van der Waals surface area contributed by atoms with Gasteiger partial charge in [-0.05, 0) is 33.3 Å². The van der Waals surface area contributed by atoms with E-state index in [1.165, 1.54) is 0 Å². The molecule has 0 aliphatic heterocycles. The second-order valence-corrected chi connectivity index (χ2v) is 4.89. The molecule has 94 valence electrons. The molecule has 1 heterocycles. The third-order valence-corrected chi connectivity index (χ3v) is 2.23. The van der Waals surface area contributed by atoms with Crippen molar-refractivity contribution in [2.75, 3.05) is 7.11 Å². The minimum atomic E-state index is -0.467. The van der Waals surface area contributed by atoms with E-state index in [0.717, 1.165) is 5.56 Å². The number of hydrogen-bond donors (Lipinski definition) is 0. The molecule has 0 aliphatic carbocycles. The van der Waals surface area contributed by atoms with Crippen LogP contribution in [0.3, 0.4) is 0 Å². The van der Waals surface area contributed by atoms with Crippen molar-refractivity contribution in [3.63, 3.8) is 0 Å². The van der Waals surface area contributed by atoms with Crippen molar-refractivity contribution in [1.29, 1.82) is 0 Å². The van der Waals surface area contributed by atoms with E-state index in [2.05, 4.69) is 4.98 Å². The molecule has 0 spiro atoms. The monoisotopic (exact) mass is 237 g/mol. The lowest BCUT2D eigenvalue weighted by molar-refractivity contribution is -0.156. The molecular formula is C13H19NO3. The van der Waals surface area contributed by atoms with Gasteiger partial charge in [-0.2, -0.15) is 0 Å². The van der Waals surface area contributed by atoms with Crippen LogP contribution in [-0.4, -0.2) is 23.7 Å². The predicted octanol–water partition coefficient (Wildman–Crippen LogP) is 2.54. The lowest BCUT2D eigenvalue weighted by Gasteiger charge is -2.22. The van der Waals surface area contributed by atoms with Crippen LogP contribution in [0.1, 0.15) is 39.2 Å². The van der Waals surface area contributed by atoms with E-state index >= 15 is 0 Å². The number of methoxy groups -OCH3 is 1. The van der Waals surface area contributed by atoms with E-state index in [9.17, 15) is 4.79 Å². The third-order valence-electron chi connectivity index (χ3n) is 2.23. The second kappa shape index (κ2) is 5.17. The largest absolute Gasteiger partial charge is 0.481 e. The Morgan fingerprint density at radius 1 is 1.35 bits per heavy atom. The van der Waals surface area contributed by atoms with Crippen molar-refractivity contribution in [2.45, 2.75) is 39.2 Å². The fraction of sp³-hybridized carbons (Fsp3) is 0.538. The summed E-state index contributed by atoms with van der Waals surface area (Å²) >= 11 is 0. The molecule has 0 saturated carbocycles. The number of nitrogens with zero attached hydrogens (tertiary/aromatic N) is 1. The Morgan fingerprint density at radius 2 is 2.00 bits per heavy atom. The van der Waals surface area contributed by atoms with Crippen LogP contribution < -0.4 is 4.74 Å². The number of ether oxygens (including phenoxy) is 2. The maximum Gasteiger partial charge on any atom is 0.313 e. The highest BCUT2D eigenvalue weighted by Crippen LogP contribution is 2.20. The van der Waals surface area contributed by atoms with Crippen molar-refractivity contribution in [3.05, 3.63) is 23.9 Å². The SMILES string of the molecule is COc1ccc(C(C)C(=O)OC(C)(C)C)cn1. The van der Waals surface area contributed by atoms with Gasteiger partial charge < -0.3 is 9.47 Å².